The molecule has 1 unspecified atom stereocenters. The van der Waals surface area contributed by atoms with E-state index in [0.29, 0.717) is 76.4 Å². The first-order valence-corrected chi connectivity index (χ1v) is 11.8. The fourth-order valence-electron chi connectivity index (χ4n) is 3.75. The number of fused-ring (bicyclic) bond motifs is 1. The highest BCUT2D eigenvalue weighted by molar-refractivity contribution is 6.34. The van der Waals surface area contributed by atoms with Gasteiger partial charge in [-0.25, -0.2) is 0 Å². The van der Waals surface area contributed by atoms with E-state index < -0.39 is 11.9 Å². The molecule has 0 amide bonds. The fraction of sp³-hybridized carbons (Fsp3) is 0.240. The zero-order chi connectivity index (χ0) is 24.2. The third-order valence-electron chi connectivity index (χ3n) is 5.51. The summed E-state index contributed by atoms with van der Waals surface area (Å²) in [6.07, 6.45) is 3.45. The average Bonchev–Trinajstić information content (AvgIpc) is 2.81. The van der Waals surface area contributed by atoms with Gasteiger partial charge in [0.2, 0.25) is 0 Å². The highest BCUT2D eigenvalue weighted by Crippen LogP contribution is 2.41. The smallest absolute Gasteiger partial charge is 0.311 e. The van der Waals surface area contributed by atoms with Crippen LogP contribution in [0, 0.1) is 0 Å². The van der Waals surface area contributed by atoms with Crippen LogP contribution in [0.25, 0.3) is 0 Å². The molecule has 0 fully saturated rings. The number of rotatable bonds is 8. The maximum atomic E-state index is 12.5. The molecule has 9 heteroatoms. The number of nitrogens with zero attached hydrogens (tertiary/aromatic N) is 1. The molecule has 1 aromatic heterocycles. The predicted molar refractivity (Wildman–Crippen MR) is 130 cm³/mol. The molecule has 2 heterocycles. The molecule has 4 rings (SSSR count). The summed E-state index contributed by atoms with van der Waals surface area (Å²) < 4.78 is 11.5. The van der Waals surface area contributed by atoms with Gasteiger partial charge >= 0.3 is 5.97 Å². The number of hydrogen-bond donors (Lipinski definition) is 1. The molecule has 1 aliphatic rings. The van der Waals surface area contributed by atoms with Gasteiger partial charge in [0.25, 0.3) is 0 Å². The van der Waals surface area contributed by atoms with Crippen LogP contribution >= 0.6 is 34.8 Å². The minimum atomic E-state index is -0.915. The van der Waals surface area contributed by atoms with Gasteiger partial charge in [0.05, 0.1) is 33.3 Å². The third kappa shape index (κ3) is 5.63. The molecule has 1 atom stereocenters. The zero-order valence-electron chi connectivity index (χ0n) is 17.9. The number of halogens is 3. The Kier molecular flexibility index (Phi) is 7.61. The number of hydrogen-bond acceptors (Lipinski definition) is 5. The summed E-state index contributed by atoms with van der Waals surface area (Å²) >= 11 is 18.3. The molecule has 2 aromatic carbocycles. The number of carboxylic acids is 1. The van der Waals surface area contributed by atoms with Crippen molar-refractivity contribution < 1.29 is 24.2 Å². The van der Waals surface area contributed by atoms with Crippen LogP contribution in [0.15, 0.2) is 48.7 Å². The van der Waals surface area contributed by atoms with Crippen LogP contribution in [0.5, 0.6) is 17.2 Å². The minimum absolute atomic E-state index is 0.00318. The number of Topliss-reactive ketones (excluding diaryl/α,β-unsaturated/α-hetero) is 1. The molecular weight excluding hydrogens is 501 g/mol. The lowest BCUT2D eigenvalue weighted by atomic mass is 9.93. The molecule has 34 heavy (non-hydrogen) atoms. The summed E-state index contributed by atoms with van der Waals surface area (Å²) in [6, 6.07) is 11.6. The Morgan fingerprint density at radius 2 is 1.85 bits per heavy atom. The van der Waals surface area contributed by atoms with E-state index in [-0.39, 0.29) is 10.8 Å². The molecule has 3 aromatic rings. The lowest BCUT2D eigenvalue weighted by Crippen LogP contribution is -2.20. The zero-order valence-corrected chi connectivity index (χ0v) is 20.2. The van der Waals surface area contributed by atoms with Gasteiger partial charge in [0, 0.05) is 29.8 Å². The van der Waals surface area contributed by atoms with Gasteiger partial charge in [-0.15, -0.1) is 0 Å². The van der Waals surface area contributed by atoms with Gasteiger partial charge in [0.1, 0.15) is 17.2 Å². The molecule has 0 saturated heterocycles. The number of ether oxygens (including phenoxy) is 2. The lowest BCUT2D eigenvalue weighted by Gasteiger charge is -2.24. The van der Waals surface area contributed by atoms with E-state index in [4.69, 9.17) is 44.3 Å². The highest BCUT2D eigenvalue weighted by atomic mass is 35.5. The number of ketones is 1. The van der Waals surface area contributed by atoms with Crippen molar-refractivity contribution in [2.75, 3.05) is 6.61 Å². The summed E-state index contributed by atoms with van der Waals surface area (Å²) in [4.78, 5) is 28.2. The maximum absolute atomic E-state index is 12.5. The van der Waals surface area contributed by atoms with Crippen LogP contribution in [0.2, 0.25) is 15.1 Å². The largest absolute Gasteiger partial charge is 0.493 e. The Balaban J connectivity index is 1.38. The first-order valence-electron chi connectivity index (χ1n) is 10.6. The Morgan fingerprint density at radius 1 is 1.09 bits per heavy atom. The quantitative estimate of drug-likeness (QED) is 0.322. The molecule has 0 aliphatic carbocycles. The maximum Gasteiger partial charge on any atom is 0.311 e. The second kappa shape index (κ2) is 10.6. The van der Waals surface area contributed by atoms with E-state index in [2.05, 4.69) is 4.98 Å². The number of carboxylic acid groups (broad SMARTS) is 1. The molecule has 0 bridgehead atoms. The standard InChI is InChI=1S/C25H20Cl3NO5/c26-15-10-19(27)21(29-13-15)2-1-3-22(30)14-4-6-16(7-5-14)34-24-12-23-18(11-20(24)28)17(25(31)32)8-9-33-23/h4-7,10-13,17H,1-3,8-9H2,(H,31,32). The van der Waals surface area contributed by atoms with Gasteiger partial charge in [-0.1, -0.05) is 34.8 Å². The molecule has 0 radical (unpaired) electrons. The van der Waals surface area contributed by atoms with Gasteiger partial charge < -0.3 is 14.6 Å². The Labute approximate surface area is 211 Å². The number of aliphatic carboxylic acids is 1. The van der Waals surface area contributed by atoms with Crippen LogP contribution < -0.4 is 9.47 Å². The number of aryl methyl sites for hydroxylation is 1. The van der Waals surface area contributed by atoms with E-state index in [1.165, 1.54) is 6.20 Å². The molecule has 0 saturated carbocycles. The van der Waals surface area contributed by atoms with Crippen molar-refractivity contribution in [3.8, 4) is 17.2 Å². The van der Waals surface area contributed by atoms with Crippen molar-refractivity contribution in [2.45, 2.75) is 31.6 Å². The van der Waals surface area contributed by atoms with Crippen molar-refractivity contribution in [1.29, 1.82) is 0 Å². The summed E-state index contributed by atoms with van der Waals surface area (Å²) in [5.74, 6) is -0.301. The van der Waals surface area contributed by atoms with Crippen molar-refractivity contribution in [2.24, 2.45) is 0 Å². The van der Waals surface area contributed by atoms with Crippen LogP contribution in [0.3, 0.4) is 0 Å². The van der Waals surface area contributed by atoms with E-state index in [9.17, 15) is 14.7 Å². The third-order valence-corrected chi connectivity index (χ3v) is 6.34. The number of carbonyl (C=O) groups is 2. The summed E-state index contributed by atoms with van der Waals surface area (Å²) in [5.41, 5.74) is 1.81. The van der Waals surface area contributed by atoms with E-state index >= 15 is 0 Å². The number of aromatic nitrogens is 1. The predicted octanol–water partition coefficient (Wildman–Crippen LogP) is 6.99. The fourth-order valence-corrected chi connectivity index (χ4v) is 4.43. The molecule has 1 N–H and O–H groups in total. The van der Waals surface area contributed by atoms with Crippen molar-refractivity contribution >= 4 is 46.6 Å². The number of pyridine rings is 1. The molecule has 0 spiro atoms. The van der Waals surface area contributed by atoms with E-state index in [1.807, 2.05) is 0 Å². The van der Waals surface area contributed by atoms with Crippen molar-refractivity contribution in [1.82, 2.24) is 4.98 Å². The summed E-state index contributed by atoms with van der Waals surface area (Å²) in [6.45, 7) is 0.308. The summed E-state index contributed by atoms with van der Waals surface area (Å²) in [5, 5.41) is 10.7. The van der Waals surface area contributed by atoms with E-state index in [0.717, 1.165) is 0 Å². The second-order valence-electron chi connectivity index (χ2n) is 7.83. The topological polar surface area (TPSA) is 85.7 Å². The minimum Gasteiger partial charge on any atom is -0.493 e. The second-order valence-corrected chi connectivity index (χ2v) is 9.08. The Morgan fingerprint density at radius 3 is 2.56 bits per heavy atom. The molecule has 176 valence electrons. The Bertz CT molecular complexity index is 1230. The first-order chi connectivity index (χ1) is 16.3. The van der Waals surface area contributed by atoms with Crippen LogP contribution in [-0.2, 0) is 11.2 Å². The van der Waals surface area contributed by atoms with Gasteiger partial charge in [0.15, 0.2) is 5.78 Å². The first kappa shape index (κ1) is 24.3. The summed E-state index contributed by atoms with van der Waals surface area (Å²) in [7, 11) is 0. The van der Waals surface area contributed by atoms with Crippen molar-refractivity contribution in [3.63, 3.8) is 0 Å². The van der Waals surface area contributed by atoms with Crippen LogP contribution in [0.1, 0.15) is 46.8 Å². The molecule has 6 nitrogen and oxygen atoms in total. The number of benzene rings is 2. The monoisotopic (exact) mass is 519 g/mol. The van der Waals surface area contributed by atoms with Gasteiger partial charge in [-0.05, 0) is 55.7 Å². The lowest BCUT2D eigenvalue weighted by molar-refractivity contribution is -0.139. The molecular formula is C25H20Cl3NO5. The van der Waals surface area contributed by atoms with Crippen LogP contribution in [0.4, 0.5) is 0 Å². The Hall–Kier alpha value is -2.80. The number of carbonyl (C=O) groups excluding carboxylic acids is 1. The van der Waals surface area contributed by atoms with Gasteiger partial charge in [-0.2, -0.15) is 0 Å². The van der Waals surface area contributed by atoms with Crippen molar-refractivity contribution in [3.05, 3.63) is 80.6 Å². The normalized spacial score (nSPS) is 14.7. The van der Waals surface area contributed by atoms with E-state index in [1.54, 1.807) is 42.5 Å². The van der Waals surface area contributed by atoms with Crippen LogP contribution in [-0.4, -0.2) is 28.4 Å². The highest BCUT2D eigenvalue weighted by Gasteiger charge is 2.29. The molecule has 1 aliphatic heterocycles. The SMILES string of the molecule is O=C(CCCc1ncc(Cl)cc1Cl)c1ccc(Oc2cc3c(cc2Cl)C(C(=O)O)CCO3)cc1. The average molecular weight is 521 g/mol. The van der Waals surface area contributed by atoms with Gasteiger partial charge in [-0.3, -0.25) is 14.6 Å².